The number of Topliss-reactive ketones (excluding diaryl/α,β-unsaturated/α-hetero) is 1. The molecule has 33 heavy (non-hydrogen) atoms. The molecule has 1 saturated heterocycles. The summed E-state index contributed by atoms with van der Waals surface area (Å²) < 4.78 is 0. The van der Waals surface area contributed by atoms with Crippen molar-refractivity contribution in [3.63, 3.8) is 0 Å². The van der Waals surface area contributed by atoms with E-state index in [4.69, 9.17) is 11.6 Å². The summed E-state index contributed by atoms with van der Waals surface area (Å²) in [5, 5.41) is 11.7. The summed E-state index contributed by atoms with van der Waals surface area (Å²) >= 11 is 6.35. The van der Waals surface area contributed by atoms with Crippen molar-refractivity contribution in [3.05, 3.63) is 106 Å². The largest absolute Gasteiger partial charge is 0.507 e. The van der Waals surface area contributed by atoms with E-state index in [-0.39, 0.29) is 16.7 Å². The molecule has 0 saturated carbocycles. The number of halogens is 1. The van der Waals surface area contributed by atoms with Gasteiger partial charge in [0.2, 0.25) is 0 Å². The van der Waals surface area contributed by atoms with Crippen molar-refractivity contribution in [1.29, 1.82) is 0 Å². The minimum atomic E-state index is -0.781. The van der Waals surface area contributed by atoms with Crippen molar-refractivity contribution in [1.82, 2.24) is 0 Å². The number of ketones is 1. The maximum Gasteiger partial charge on any atom is 0.300 e. The summed E-state index contributed by atoms with van der Waals surface area (Å²) in [5.41, 5.74) is 3.60. The third-order valence-electron chi connectivity index (χ3n) is 6.08. The van der Waals surface area contributed by atoms with E-state index in [2.05, 4.69) is 20.8 Å². The zero-order chi connectivity index (χ0) is 23.9. The molecule has 1 N–H and O–H groups in total. The Labute approximate surface area is 199 Å². The molecule has 0 bridgehead atoms. The number of hydrogen-bond donors (Lipinski definition) is 1. The molecule has 4 rings (SSSR count). The number of anilines is 1. The van der Waals surface area contributed by atoms with Crippen molar-refractivity contribution in [2.75, 3.05) is 4.90 Å². The predicted octanol–water partition coefficient (Wildman–Crippen LogP) is 6.57. The molecule has 3 aromatic carbocycles. The van der Waals surface area contributed by atoms with Gasteiger partial charge in [-0.05, 0) is 41.2 Å². The molecule has 1 fully saturated rings. The van der Waals surface area contributed by atoms with Gasteiger partial charge in [-0.2, -0.15) is 0 Å². The quantitative estimate of drug-likeness (QED) is 0.273. The number of nitrogens with zero attached hydrogens (tertiary/aromatic N) is 1. The number of aliphatic hydroxyl groups excluding tert-OH is 1. The van der Waals surface area contributed by atoms with Gasteiger partial charge in [-0.15, -0.1) is 0 Å². The first-order chi connectivity index (χ1) is 15.6. The lowest BCUT2D eigenvalue weighted by Gasteiger charge is -2.28. The fraction of sp³-hybridized carbons (Fsp3) is 0.214. The van der Waals surface area contributed by atoms with E-state index >= 15 is 0 Å². The van der Waals surface area contributed by atoms with Gasteiger partial charge in [0.05, 0.1) is 11.6 Å². The summed E-state index contributed by atoms with van der Waals surface area (Å²) in [6.07, 6.45) is 0. The average Bonchev–Trinajstić information content (AvgIpc) is 3.06. The van der Waals surface area contributed by atoms with Crippen LogP contribution >= 0.6 is 11.6 Å². The molecule has 0 aliphatic carbocycles. The van der Waals surface area contributed by atoms with Gasteiger partial charge in [0, 0.05) is 16.3 Å². The topological polar surface area (TPSA) is 57.6 Å². The van der Waals surface area contributed by atoms with Gasteiger partial charge in [0.1, 0.15) is 5.76 Å². The minimum Gasteiger partial charge on any atom is -0.507 e. The maximum absolute atomic E-state index is 13.3. The maximum atomic E-state index is 13.3. The van der Waals surface area contributed by atoms with Crippen molar-refractivity contribution < 1.29 is 14.7 Å². The van der Waals surface area contributed by atoms with Gasteiger partial charge in [0.15, 0.2) is 0 Å². The first-order valence-electron chi connectivity index (χ1n) is 10.8. The Bertz CT molecular complexity index is 1250. The van der Waals surface area contributed by atoms with E-state index in [1.807, 2.05) is 37.3 Å². The highest BCUT2D eigenvalue weighted by atomic mass is 35.5. The van der Waals surface area contributed by atoms with E-state index in [1.54, 1.807) is 42.5 Å². The highest BCUT2D eigenvalue weighted by molar-refractivity contribution is 6.52. The van der Waals surface area contributed by atoms with Crippen molar-refractivity contribution in [2.45, 2.75) is 39.2 Å². The molecule has 0 radical (unpaired) electrons. The monoisotopic (exact) mass is 459 g/mol. The Kier molecular flexibility index (Phi) is 5.89. The standard InChI is InChI=1S/C28H26ClNO3/c1-17-21(29)11-8-12-22(17)30-24(18-13-15-20(16-14-18)28(2,3)4)23(26(32)27(30)33)25(31)19-9-6-5-7-10-19/h5-16,24,31H,1-4H3/b25-23+. The van der Waals surface area contributed by atoms with Crippen LogP contribution in [0.5, 0.6) is 0 Å². The van der Waals surface area contributed by atoms with Crippen molar-refractivity contribution >= 4 is 34.7 Å². The smallest absolute Gasteiger partial charge is 0.300 e. The summed E-state index contributed by atoms with van der Waals surface area (Å²) in [7, 11) is 0. The van der Waals surface area contributed by atoms with Crippen LogP contribution in [0.1, 0.15) is 49.1 Å². The van der Waals surface area contributed by atoms with Crippen LogP contribution in [0.25, 0.3) is 5.76 Å². The lowest BCUT2D eigenvalue weighted by Crippen LogP contribution is -2.30. The number of benzene rings is 3. The molecule has 5 heteroatoms. The Morgan fingerprint density at radius 1 is 0.909 bits per heavy atom. The van der Waals surface area contributed by atoms with E-state index in [1.165, 1.54) is 4.90 Å². The van der Waals surface area contributed by atoms with Gasteiger partial charge in [-0.25, -0.2) is 0 Å². The van der Waals surface area contributed by atoms with Gasteiger partial charge < -0.3 is 5.11 Å². The molecule has 1 unspecified atom stereocenters. The van der Waals surface area contributed by atoms with E-state index in [0.29, 0.717) is 21.8 Å². The molecular formula is C28H26ClNO3. The lowest BCUT2D eigenvalue weighted by atomic mass is 9.85. The number of rotatable bonds is 3. The van der Waals surface area contributed by atoms with Gasteiger partial charge in [0.25, 0.3) is 11.7 Å². The summed E-state index contributed by atoms with van der Waals surface area (Å²) in [6.45, 7) is 8.18. The van der Waals surface area contributed by atoms with Crippen LogP contribution in [-0.2, 0) is 15.0 Å². The molecule has 1 amide bonds. The summed E-state index contributed by atoms with van der Waals surface area (Å²) in [5.74, 6) is -1.61. The summed E-state index contributed by atoms with van der Waals surface area (Å²) in [4.78, 5) is 28.0. The van der Waals surface area contributed by atoms with Crippen molar-refractivity contribution in [3.8, 4) is 0 Å². The zero-order valence-corrected chi connectivity index (χ0v) is 19.9. The molecule has 1 atom stereocenters. The van der Waals surface area contributed by atoms with Crippen LogP contribution in [0.15, 0.2) is 78.4 Å². The molecule has 1 aliphatic rings. The fourth-order valence-corrected chi connectivity index (χ4v) is 4.34. The Morgan fingerprint density at radius 3 is 2.15 bits per heavy atom. The fourth-order valence-electron chi connectivity index (χ4n) is 4.17. The molecular weight excluding hydrogens is 434 g/mol. The first kappa shape index (κ1) is 22.8. The SMILES string of the molecule is Cc1c(Cl)cccc1N1C(=O)C(=O)/C(=C(/O)c2ccccc2)C1c1ccc(C(C)(C)C)cc1. The molecule has 4 nitrogen and oxygen atoms in total. The van der Waals surface area contributed by atoms with Crippen LogP contribution in [0.4, 0.5) is 5.69 Å². The Balaban J connectivity index is 1.96. The molecule has 0 spiro atoms. The third-order valence-corrected chi connectivity index (χ3v) is 6.49. The lowest BCUT2D eigenvalue weighted by molar-refractivity contribution is -0.132. The van der Waals surface area contributed by atoms with Gasteiger partial charge in [-0.3, -0.25) is 14.5 Å². The van der Waals surface area contributed by atoms with Crippen LogP contribution in [0, 0.1) is 6.92 Å². The second-order valence-electron chi connectivity index (χ2n) is 9.29. The third kappa shape index (κ3) is 4.07. The second-order valence-corrected chi connectivity index (χ2v) is 9.70. The highest BCUT2D eigenvalue weighted by Gasteiger charge is 2.47. The van der Waals surface area contributed by atoms with Gasteiger partial charge >= 0.3 is 0 Å². The van der Waals surface area contributed by atoms with Crippen LogP contribution in [0.2, 0.25) is 5.02 Å². The molecule has 1 heterocycles. The molecule has 1 aliphatic heterocycles. The van der Waals surface area contributed by atoms with Gasteiger partial charge in [-0.1, -0.05) is 93.0 Å². The van der Waals surface area contributed by atoms with Crippen LogP contribution in [0.3, 0.4) is 0 Å². The molecule has 0 aromatic heterocycles. The number of aliphatic hydroxyl groups is 1. The highest BCUT2D eigenvalue weighted by Crippen LogP contribution is 2.44. The first-order valence-corrected chi connectivity index (χ1v) is 11.2. The predicted molar refractivity (Wildman–Crippen MR) is 133 cm³/mol. The normalized spacial score (nSPS) is 18.1. The van der Waals surface area contributed by atoms with Crippen LogP contribution in [-0.4, -0.2) is 16.8 Å². The number of hydrogen-bond acceptors (Lipinski definition) is 3. The van der Waals surface area contributed by atoms with Crippen molar-refractivity contribution in [2.24, 2.45) is 0 Å². The molecule has 168 valence electrons. The minimum absolute atomic E-state index is 0.0477. The summed E-state index contributed by atoms with van der Waals surface area (Å²) in [6, 6.07) is 21.1. The number of carbonyl (C=O) groups excluding carboxylic acids is 2. The Hall–Kier alpha value is -3.37. The number of amides is 1. The Morgan fingerprint density at radius 2 is 1.55 bits per heavy atom. The molecule has 3 aromatic rings. The zero-order valence-electron chi connectivity index (χ0n) is 19.1. The van der Waals surface area contributed by atoms with E-state index in [0.717, 1.165) is 11.1 Å². The number of carbonyl (C=O) groups is 2. The van der Waals surface area contributed by atoms with E-state index in [9.17, 15) is 14.7 Å². The second kappa shape index (κ2) is 8.53. The average molecular weight is 460 g/mol. The van der Waals surface area contributed by atoms with E-state index < -0.39 is 17.7 Å². The van der Waals surface area contributed by atoms with Crippen LogP contribution < -0.4 is 4.90 Å².